The quantitative estimate of drug-likeness (QED) is 0.744. The molecule has 1 heterocycles. The maximum Gasteiger partial charge on any atom is 0.202 e. The van der Waals surface area contributed by atoms with Crippen LogP contribution < -0.4 is 5.09 Å². The molecule has 3 atom stereocenters. The van der Waals surface area contributed by atoms with Crippen LogP contribution in [0.25, 0.3) is 0 Å². The van der Waals surface area contributed by atoms with Crippen molar-refractivity contribution in [1.82, 2.24) is 5.09 Å². The number of benzene rings is 1. The molecule has 1 aromatic carbocycles. The van der Waals surface area contributed by atoms with Crippen molar-refractivity contribution in [3.05, 3.63) is 35.9 Å². The van der Waals surface area contributed by atoms with Crippen LogP contribution in [0, 0.1) is 5.92 Å². The predicted molar refractivity (Wildman–Crippen MR) is 102 cm³/mol. The van der Waals surface area contributed by atoms with Crippen molar-refractivity contribution in [3.63, 3.8) is 0 Å². The molecule has 3 nitrogen and oxygen atoms in total. The summed E-state index contributed by atoms with van der Waals surface area (Å²) in [5.74, 6) is 1.50. The number of hydrogen-bond acceptors (Lipinski definition) is 3. The first kappa shape index (κ1) is 18.4. The molecule has 0 unspecified atom stereocenters. The molecule has 128 valence electrons. The minimum absolute atomic E-state index is 0.139. The Balaban J connectivity index is 2.13. The summed E-state index contributed by atoms with van der Waals surface area (Å²) in [7, 11) is -0.287. The molecule has 0 bridgehead atoms. The van der Waals surface area contributed by atoms with Gasteiger partial charge < -0.3 is 4.74 Å². The van der Waals surface area contributed by atoms with E-state index in [2.05, 4.69) is 70.6 Å². The Kier molecular flexibility index (Phi) is 6.22. The van der Waals surface area contributed by atoms with Crippen LogP contribution >= 0.6 is 8.07 Å². The maximum absolute atomic E-state index is 5.99. The molecule has 0 fully saturated rings. The van der Waals surface area contributed by atoms with Crippen molar-refractivity contribution in [2.75, 3.05) is 13.3 Å². The summed E-state index contributed by atoms with van der Waals surface area (Å²) >= 11 is 0. The molecule has 1 N–H and O–H groups in total. The largest absolute Gasteiger partial charge is 0.477 e. The summed E-state index contributed by atoms with van der Waals surface area (Å²) in [6.45, 7) is 14.4. The highest BCUT2D eigenvalue weighted by molar-refractivity contribution is 7.56. The molecule has 0 radical (unpaired) electrons. The fourth-order valence-electron chi connectivity index (χ4n) is 2.54. The molecular formula is C19H31N2OP. The van der Waals surface area contributed by atoms with Gasteiger partial charge in [0.1, 0.15) is 12.6 Å². The number of ether oxygens (including phenoxy) is 1. The molecule has 23 heavy (non-hydrogen) atoms. The standard InChI is InChI=1S/C19H31N2OP/c1-14(2)12-16(21-23(6)19(3,4)5)18-20-17(13-22-18)15-10-8-7-9-11-15/h7-11,14,16-17,21H,12-13H2,1-6H3/t16-,17-,23-/m1/s1. The third kappa shape index (κ3) is 5.29. The van der Waals surface area contributed by atoms with Crippen LogP contribution in [0.2, 0.25) is 0 Å². The summed E-state index contributed by atoms with van der Waals surface area (Å²) in [4.78, 5) is 4.89. The Morgan fingerprint density at radius 2 is 1.91 bits per heavy atom. The number of nitrogens with one attached hydrogen (secondary N) is 1. The summed E-state index contributed by atoms with van der Waals surface area (Å²) < 4.78 is 5.99. The lowest BCUT2D eigenvalue weighted by Crippen LogP contribution is -2.38. The minimum atomic E-state index is -0.287. The summed E-state index contributed by atoms with van der Waals surface area (Å²) in [6.07, 6.45) is 1.06. The second-order valence-electron chi connectivity index (χ2n) is 7.75. The predicted octanol–water partition coefficient (Wildman–Crippen LogP) is 4.99. The molecule has 0 aromatic heterocycles. The van der Waals surface area contributed by atoms with E-state index in [1.807, 2.05) is 6.07 Å². The third-order valence-corrected chi connectivity index (χ3v) is 6.93. The SMILES string of the molecule is CC(C)C[C@@H](N[P@](C)C(C)(C)C)C1=N[C@@H](c2ccccc2)CO1. The van der Waals surface area contributed by atoms with E-state index in [9.17, 15) is 0 Å². The molecule has 2 rings (SSSR count). The summed E-state index contributed by atoms with van der Waals surface area (Å²) in [5.41, 5.74) is 1.24. The Bertz CT molecular complexity index is 522. The fourth-order valence-corrected chi connectivity index (χ4v) is 3.61. The molecule has 4 heteroatoms. The zero-order valence-electron chi connectivity index (χ0n) is 15.3. The van der Waals surface area contributed by atoms with Gasteiger partial charge in [0.2, 0.25) is 5.90 Å². The van der Waals surface area contributed by atoms with E-state index >= 15 is 0 Å². The van der Waals surface area contributed by atoms with E-state index in [1.165, 1.54) is 5.56 Å². The normalized spacial score (nSPS) is 21.0. The van der Waals surface area contributed by atoms with E-state index in [-0.39, 0.29) is 25.3 Å². The van der Waals surface area contributed by atoms with Crippen LogP contribution in [0.1, 0.15) is 52.6 Å². The first-order valence-electron chi connectivity index (χ1n) is 8.53. The Hall–Kier alpha value is -0.920. The monoisotopic (exact) mass is 334 g/mol. The maximum atomic E-state index is 5.99. The topological polar surface area (TPSA) is 33.6 Å². The molecule has 0 amide bonds. The number of hydrogen-bond donors (Lipinski definition) is 1. The molecular weight excluding hydrogens is 303 g/mol. The highest BCUT2D eigenvalue weighted by atomic mass is 31.1. The van der Waals surface area contributed by atoms with Crippen molar-refractivity contribution in [1.29, 1.82) is 0 Å². The second kappa shape index (κ2) is 7.77. The highest BCUT2D eigenvalue weighted by Gasteiger charge is 2.30. The lowest BCUT2D eigenvalue weighted by atomic mass is 10.0. The Morgan fingerprint density at radius 3 is 2.48 bits per heavy atom. The van der Waals surface area contributed by atoms with Gasteiger partial charge in [0.15, 0.2) is 0 Å². The highest BCUT2D eigenvalue weighted by Crippen LogP contribution is 2.43. The molecule has 1 aliphatic rings. The van der Waals surface area contributed by atoms with Crippen molar-refractivity contribution in [3.8, 4) is 0 Å². The van der Waals surface area contributed by atoms with Gasteiger partial charge >= 0.3 is 0 Å². The molecule has 0 aliphatic carbocycles. The molecule has 0 saturated heterocycles. The van der Waals surface area contributed by atoms with Crippen LogP contribution in [-0.4, -0.2) is 30.4 Å². The van der Waals surface area contributed by atoms with Gasteiger partial charge in [-0.05, 0) is 37.8 Å². The van der Waals surface area contributed by atoms with Crippen molar-refractivity contribution >= 4 is 14.0 Å². The van der Waals surface area contributed by atoms with Crippen LogP contribution in [0.3, 0.4) is 0 Å². The van der Waals surface area contributed by atoms with Crippen LogP contribution in [0.15, 0.2) is 35.3 Å². The lowest BCUT2D eigenvalue weighted by molar-refractivity contribution is 0.300. The molecule has 1 aliphatic heterocycles. The van der Waals surface area contributed by atoms with Gasteiger partial charge in [-0.3, -0.25) is 5.09 Å². The molecule has 0 saturated carbocycles. The molecule has 1 aromatic rings. The zero-order chi connectivity index (χ0) is 17.0. The van der Waals surface area contributed by atoms with Gasteiger partial charge in [-0.2, -0.15) is 0 Å². The van der Waals surface area contributed by atoms with Crippen LogP contribution in [0.5, 0.6) is 0 Å². The van der Waals surface area contributed by atoms with Crippen LogP contribution in [0.4, 0.5) is 0 Å². The van der Waals surface area contributed by atoms with Gasteiger partial charge in [0.05, 0.1) is 6.04 Å². The van der Waals surface area contributed by atoms with Crippen molar-refractivity contribution < 1.29 is 4.74 Å². The van der Waals surface area contributed by atoms with E-state index in [0.29, 0.717) is 12.5 Å². The van der Waals surface area contributed by atoms with E-state index in [0.717, 1.165) is 12.3 Å². The number of rotatable bonds is 6. The first-order chi connectivity index (χ1) is 10.8. The van der Waals surface area contributed by atoms with Crippen molar-refractivity contribution in [2.45, 2.75) is 58.3 Å². The zero-order valence-corrected chi connectivity index (χ0v) is 16.2. The Morgan fingerprint density at radius 1 is 1.26 bits per heavy atom. The molecule has 0 spiro atoms. The van der Waals surface area contributed by atoms with E-state index in [4.69, 9.17) is 9.73 Å². The lowest BCUT2D eigenvalue weighted by Gasteiger charge is -2.32. The first-order valence-corrected chi connectivity index (χ1v) is 10.3. The number of nitrogens with zero attached hydrogens (tertiary/aromatic N) is 1. The number of aliphatic imine (C=N–C) groups is 1. The van der Waals surface area contributed by atoms with Gasteiger partial charge in [0.25, 0.3) is 0 Å². The van der Waals surface area contributed by atoms with E-state index < -0.39 is 0 Å². The van der Waals surface area contributed by atoms with Gasteiger partial charge in [-0.25, -0.2) is 4.99 Å². The van der Waals surface area contributed by atoms with Crippen LogP contribution in [-0.2, 0) is 4.74 Å². The van der Waals surface area contributed by atoms with Gasteiger partial charge in [-0.15, -0.1) is 0 Å². The average molecular weight is 334 g/mol. The Labute approximate surface area is 142 Å². The third-order valence-electron chi connectivity index (χ3n) is 4.22. The summed E-state index contributed by atoms with van der Waals surface area (Å²) in [5, 5.41) is 4.09. The minimum Gasteiger partial charge on any atom is -0.477 e. The van der Waals surface area contributed by atoms with Gasteiger partial charge in [-0.1, -0.05) is 65.0 Å². The summed E-state index contributed by atoms with van der Waals surface area (Å²) in [6, 6.07) is 10.8. The van der Waals surface area contributed by atoms with Gasteiger partial charge in [0, 0.05) is 0 Å². The van der Waals surface area contributed by atoms with E-state index in [1.54, 1.807) is 0 Å². The average Bonchev–Trinajstić information content (AvgIpc) is 2.95. The smallest absolute Gasteiger partial charge is 0.202 e. The second-order valence-corrected chi connectivity index (χ2v) is 10.5. The fraction of sp³-hybridized carbons (Fsp3) is 0.632. The van der Waals surface area contributed by atoms with Crippen molar-refractivity contribution in [2.24, 2.45) is 10.9 Å².